The SMILES string of the molecule is CC(C)(C(=O)O)C1CCCN(Cc2ccc(Br)s2)C1. The lowest BCUT2D eigenvalue weighted by Gasteiger charge is -2.39. The van der Waals surface area contributed by atoms with Gasteiger partial charge in [-0.05, 0) is 67.2 Å². The molecule has 1 aliphatic rings. The highest BCUT2D eigenvalue weighted by Gasteiger charge is 2.38. The van der Waals surface area contributed by atoms with Crippen molar-refractivity contribution in [3.05, 3.63) is 20.8 Å². The zero-order valence-corrected chi connectivity index (χ0v) is 13.8. The van der Waals surface area contributed by atoms with E-state index in [0.717, 1.165) is 36.3 Å². The lowest BCUT2D eigenvalue weighted by Crippen LogP contribution is -2.44. The predicted octanol–water partition coefficient (Wildman–Crippen LogP) is 3.83. The van der Waals surface area contributed by atoms with E-state index in [1.807, 2.05) is 13.8 Å². The van der Waals surface area contributed by atoms with Crippen LogP contribution in [0.5, 0.6) is 0 Å². The number of halogens is 1. The third-order valence-electron chi connectivity index (χ3n) is 4.09. The Bertz CT molecular complexity index is 458. The summed E-state index contributed by atoms with van der Waals surface area (Å²) in [4.78, 5) is 15.1. The van der Waals surface area contributed by atoms with Crippen LogP contribution in [-0.4, -0.2) is 29.1 Å². The van der Waals surface area contributed by atoms with Crippen LogP contribution < -0.4 is 0 Å². The number of hydrogen-bond acceptors (Lipinski definition) is 3. The van der Waals surface area contributed by atoms with E-state index in [-0.39, 0.29) is 5.92 Å². The standard InChI is InChI=1S/C14H20BrNO2S/c1-14(2,13(17)18)10-4-3-7-16(8-10)9-11-5-6-12(15)19-11/h5-6,10H,3-4,7-9H2,1-2H3,(H,17,18). The maximum atomic E-state index is 11.4. The van der Waals surface area contributed by atoms with E-state index < -0.39 is 11.4 Å². The molecule has 1 atom stereocenters. The molecule has 2 rings (SSSR count). The van der Waals surface area contributed by atoms with Gasteiger partial charge in [-0.15, -0.1) is 11.3 Å². The number of rotatable bonds is 4. The van der Waals surface area contributed by atoms with E-state index in [1.54, 1.807) is 11.3 Å². The highest BCUT2D eigenvalue weighted by Crippen LogP contribution is 2.35. The van der Waals surface area contributed by atoms with Crippen LogP contribution in [0.2, 0.25) is 0 Å². The van der Waals surface area contributed by atoms with Crippen LogP contribution >= 0.6 is 27.3 Å². The van der Waals surface area contributed by atoms with Crippen LogP contribution in [0.25, 0.3) is 0 Å². The molecular formula is C14H20BrNO2S. The molecule has 0 bridgehead atoms. The second-order valence-corrected chi connectivity index (χ2v) is 8.35. The molecule has 0 amide bonds. The van der Waals surface area contributed by atoms with Crippen LogP contribution in [-0.2, 0) is 11.3 Å². The smallest absolute Gasteiger partial charge is 0.309 e. The number of likely N-dealkylation sites (tertiary alicyclic amines) is 1. The molecule has 1 saturated heterocycles. The molecule has 0 saturated carbocycles. The van der Waals surface area contributed by atoms with E-state index in [2.05, 4.69) is 33.0 Å². The third kappa shape index (κ3) is 3.58. The van der Waals surface area contributed by atoms with E-state index in [9.17, 15) is 9.90 Å². The lowest BCUT2D eigenvalue weighted by atomic mass is 9.74. The molecule has 0 aliphatic carbocycles. The van der Waals surface area contributed by atoms with Crippen molar-refractivity contribution in [1.82, 2.24) is 4.90 Å². The highest BCUT2D eigenvalue weighted by molar-refractivity contribution is 9.11. The first-order valence-electron chi connectivity index (χ1n) is 6.59. The average Bonchev–Trinajstić information content (AvgIpc) is 2.75. The minimum absolute atomic E-state index is 0.238. The first-order valence-corrected chi connectivity index (χ1v) is 8.20. The van der Waals surface area contributed by atoms with Gasteiger partial charge in [0.15, 0.2) is 0 Å². The molecule has 19 heavy (non-hydrogen) atoms. The summed E-state index contributed by atoms with van der Waals surface area (Å²) in [5.41, 5.74) is -0.630. The fourth-order valence-electron chi connectivity index (χ4n) is 2.62. The Labute approximate surface area is 126 Å². The molecule has 3 nitrogen and oxygen atoms in total. The largest absolute Gasteiger partial charge is 0.481 e. The Morgan fingerprint density at radius 1 is 1.58 bits per heavy atom. The number of carboxylic acids is 1. The minimum atomic E-state index is -0.682. The van der Waals surface area contributed by atoms with Gasteiger partial charge >= 0.3 is 5.97 Å². The minimum Gasteiger partial charge on any atom is -0.481 e. The van der Waals surface area contributed by atoms with Gasteiger partial charge in [0.25, 0.3) is 0 Å². The first-order chi connectivity index (χ1) is 8.89. The Balaban J connectivity index is 1.99. The van der Waals surface area contributed by atoms with Crippen molar-refractivity contribution >= 4 is 33.2 Å². The van der Waals surface area contributed by atoms with Gasteiger partial charge < -0.3 is 5.11 Å². The fourth-order valence-corrected chi connectivity index (χ4v) is 4.15. The van der Waals surface area contributed by atoms with Crippen LogP contribution in [0.3, 0.4) is 0 Å². The van der Waals surface area contributed by atoms with E-state index in [0.29, 0.717) is 0 Å². The highest BCUT2D eigenvalue weighted by atomic mass is 79.9. The monoisotopic (exact) mass is 345 g/mol. The summed E-state index contributed by atoms with van der Waals surface area (Å²) in [7, 11) is 0. The summed E-state index contributed by atoms with van der Waals surface area (Å²) < 4.78 is 1.15. The topological polar surface area (TPSA) is 40.5 Å². The van der Waals surface area contributed by atoms with Gasteiger partial charge in [-0.25, -0.2) is 0 Å². The van der Waals surface area contributed by atoms with Gasteiger partial charge in [-0.2, -0.15) is 0 Å². The van der Waals surface area contributed by atoms with Crippen LogP contribution in [0, 0.1) is 11.3 Å². The molecule has 1 N–H and O–H groups in total. The summed E-state index contributed by atoms with van der Waals surface area (Å²) in [6, 6.07) is 4.21. The Morgan fingerprint density at radius 2 is 2.32 bits per heavy atom. The predicted molar refractivity (Wildman–Crippen MR) is 81.4 cm³/mol. The van der Waals surface area contributed by atoms with Gasteiger partial charge in [0.2, 0.25) is 0 Å². The first kappa shape index (κ1) is 15.0. The molecule has 0 radical (unpaired) electrons. The fraction of sp³-hybridized carbons (Fsp3) is 0.643. The molecule has 2 heterocycles. The van der Waals surface area contributed by atoms with Gasteiger partial charge in [0.1, 0.15) is 0 Å². The number of hydrogen-bond donors (Lipinski definition) is 1. The van der Waals surface area contributed by atoms with E-state index in [4.69, 9.17) is 0 Å². The number of aliphatic carboxylic acids is 1. The van der Waals surface area contributed by atoms with Crippen molar-refractivity contribution in [2.75, 3.05) is 13.1 Å². The van der Waals surface area contributed by atoms with E-state index in [1.165, 1.54) is 4.88 Å². The van der Waals surface area contributed by atoms with Gasteiger partial charge in [0.05, 0.1) is 9.20 Å². The summed E-state index contributed by atoms with van der Waals surface area (Å²) >= 11 is 5.24. The number of carboxylic acid groups (broad SMARTS) is 1. The van der Waals surface area contributed by atoms with E-state index >= 15 is 0 Å². The molecule has 1 aromatic rings. The zero-order chi connectivity index (χ0) is 14.0. The van der Waals surface area contributed by atoms with Crippen molar-refractivity contribution in [1.29, 1.82) is 0 Å². The molecule has 5 heteroatoms. The van der Waals surface area contributed by atoms with Crippen molar-refractivity contribution in [2.45, 2.75) is 33.2 Å². The van der Waals surface area contributed by atoms with Gasteiger partial charge in [-0.1, -0.05) is 0 Å². The second kappa shape index (κ2) is 5.94. The Hall–Kier alpha value is -0.390. The second-order valence-electron chi connectivity index (χ2n) is 5.81. The van der Waals surface area contributed by atoms with Crippen LogP contribution in [0.4, 0.5) is 0 Å². The molecular weight excluding hydrogens is 326 g/mol. The Morgan fingerprint density at radius 3 is 2.89 bits per heavy atom. The third-order valence-corrected chi connectivity index (χ3v) is 5.69. The summed E-state index contributed by atoms with van der Waals surface area (Å²) in [6.07, 6.45) is 2.11. The summed E-state index contributed by atoms with van der Waals surface area (Å²) in [5.74, 6) is -0.444. The molecule has 1 unspecified atom stereocenters. The Kier molecular flexibility index (Phi) is 4.69. The van der Waals surface area contributed by atoms with Gasteiger partial charge in [0, 0.05) is 18.0 Å². The molecule has 1 aromatic heterocycles. The normalized spacial score (nSPS) is 21.5. The molecule has 106 valence electrons. The van der Waals surface area contributed by atoms with Crippen molar-refractivity contribution in [3.8, 4) is 0 Å². The number of piperidine rings is 1. The number of thiophene rings is 1. The molecule has 0 spiro atoms. The summed E-state index contributed by atoms with van der Waals surface area (Å²) in [5, 5.41) is 9.35. The maximum absolute atomic E-state index is 11.4. The number of nitrogens with zero attached hydrogens (tertiary/aromatic N) is 1. The maximum Gasteiger partial charge on any atom is 0.309 e. The molecule has 1 aliphatic heterocycles. The molecule has 0 aromatic carbocycles. The van der Waals surface area contributed by atoms with Crippen molar-refractivity contribution in [2.24, 2.45) is 11.3 Å². The zero-order valence-electron chi connectivity index (χ0n) is 11.4. The quantitative estimate of drug-likeness (QED) is 0.901. The lowest BCUT2D eigenvalue weighted by molar-refractivity contribution is -0.151. The van der Waals surface area contributed by atoms with Crippen molar-refractivity contribution in [3.63, 3.8) is 0 Å². The molecule has 1 fully saturated rings. The van der Waals surface area contributed by atoms with Crippen LogP contribution in [0.15, 0.2) is 15.9 Å². The summed E-state index contributed by atoms with van der Waals surface area (Å²) in [6.45, 7) is 6.59. The number of carbonyl (C=O) groups is 1. The average molecular weight is 346 g/mol. The van der Waals surface area contributed by atoms with Gasteiger partial charge in [-0.3, -0.25) is 9.69 Å². The van der Waals surface area contributed by atoms with Crippen LogP contribution in [0.1, 0.15) is 31.6 Å². The van der Waals surface area contributed by atoms with Crippen molar-refractivity contribution < 1.29 is 9.90 Å².